The normalized spacial score (nSPS) is 13.3. The van der Waals surface area contributed by atoms with Gasteiger partial charge in [-0.3, -0.25) is 9.69 Å². The highest BCUT2D eigenvalue weighted by Gasteiger charge is 2.20. The van der Waals surface area contributed by atoms with Crippen molar-refractivity contribution < 1.29 is 9.53 Å². The summed E-state index contributed by atoms with van der Waals surface area (Å²) in [4.78, 5) is 14.4. The van der Waals surface area contributed by atoms with E-state index in [1.165, 1.54) is 0 Å². The van der Waals surface area contributed by atoms with Crippen molar-refractivity contribution in [3.8, 4) is 5.75 Å². The first kappa shape index (κ1) is 19.3. The summed E-state index contributed by atoms with van der Waals surface area (Å²) in [7, 11) is 1.91. The van der Waals surface area contributed by atoms with Crippen molar-refractivity contribution in [2.24, 2.45) is 0 Å². The number of carbonyl (C=O) groups is 1. The summed E-state index contributed by atoms with van der Waals surface area (Å²) >= 11 is 6.07. The topological polar surface area (TPSA) is 41.6 Å². The number of nitrogens with zero attached hydrogens (tertiary/aromatic N) is 1. The van der Waals surface area contributed by atoms with Gasteiger partial charge in [-0.1, -0.05) is 54.1 Å². The molecule has 0 saturated heterocycles. The first-order valence-electron chi connectivity index (χ1n) is 8.42. The Balaban J connectivity index is 1.79. The molecule has 2 unspecified atom stereocenters. The van der Waals surface area contributed by atoms with Crippen molar-refractivity contribution in [2.45, 2.75) is 25.9 Å². The Bertz CT molecular complexity index is 678. The molecule has 2 aromatic rings. The van der Waals surface area contributed by atoms with Crippen LogP contribution in [0.4, 0.5) is 0 Å². The summed E-state index contributed by atoms with van der Waals surface area (Å²) < 4.78 is 5.68. The highest BCUT2D eigenvalue weighted by atomic mass is 35.5. The van der Waals surface area contributed by atoms with Gasteiger partial charge < -0.3 is 10.1 Å². The molecule has 2 rings (SSSR count). The monoisotopic (exact) mass is 360 g/mol. The molecule has 0 bridgehead atoms. The molecule has 134 valence electrons. The third-order valence-electron chi connectivity index (χ3n) is 4.24. The molecule has 0 aliphatic rings. The van der Waals surface area contributed by atoms with Gasteiger partial charge in [-0.2, -0.15) is 0 Å². The first-order valence-corrected chi connectivity index (χ1v) is 8.79. The van der Waals surface area contributed by atoms with Crippen LogP contribution in [0.3, 0.4) is 0 Å². The van der Waals surface area contributed by atoms with Gasteiger partial charge in [0.2, 0.25) is 5.91 Å². The van der Waals surface area contributed by atoms with Gasteiger partial charge in [0.1, 0.15) is 12.4 Å². The fraction of sp³-hybridized carbons (Fsp3) is 0.350. The van der Waals surface area contributed by atoms with E-state index in [1.54, 1.807) is 6.07 Å². The van der Waals surface area contributed by atoms with Gasteiger partial charge in [-0.25, -0.2) is 0 Å². The first-order chi connectivity index (χ1) is 12.0. The number of likely N-dealkylation sites (N-methyl/N-ethyl adjacent to an activating group) is 1. The fourth-order valence-electron chi connectivity index (χ4n) is 2.41. The molecule has 1 amide bonds. The Hall–Kier alpha value is -2.04. The lowest BCUT2D eigenvalue weighted by Gasteiger charge is -2.25. The molecular formula is C20H25ClN2O2. The van der Waals surface area contributed by atoms with Crippen LogP contribution in [0.2, 0.25) is 5.02 Å². The van der Waals surface area contributed by atoms with Crippen molar-refractivity contribution >= 4 is 17.5 Å². The van der Waals surface area contributed by atoms with E-state index in [0.29, 0.717) is 23.9 Å². The number of ether oxygens (including phenoxy) is 1. The summed E-state index contributed by atoms with van der Waals surface area (Å²) in [5.74, 6) is 0.656. The molecule has 0 aliphatic carbocycles. The van der Waals surface area contributed by atoms with Crippen molar-refractivity contribution in [2.75, 3.05) is 20.2 Å². The van der Waals surface area contributed by atoms with Crippen LogP contribution in [0, 0.1) is 0 Å². The van der Waals surface area contributed by atoms with Crippen LogP contribution in [0.1, 0.15) is 25.5 Å². The van der Waals surface area contributed by atoms with Gasteiger partial charge in [0.15, 0.2) is 0 Å². The predicted octanol–water partition coefficient (Wildman–Crippen LogP) is 3.92. The highest BCUT2D eigenvalue weighted by molar-refractivity contribution is 6.32. The van der Waals surface area contributed by atoms with Crippen LogP contribution in [-0.4, -0.2) is 37.0 Å². The van der Waals surface area contributed by atoms with Gasteiger partial charge in [-0.15, -0.1) is 0 Å². The Morgan fingerprint density at radius 3 is 2.44 bits per heavy atom. The second-order valence-electron chi connectivity index (χ2n) is 6.08. The van der Waals surface area contributed by atoms with E-state index < -0.39 is 0 Å². The van der Waals surface area contributed by atoms with Gasteiger partial charge in [-0.05, 0) is 38.6 Å². The van der Waals surface area contributed by atoms with Crippen LogP contribution in [0.25, 0.3) is 0 Å². The molecule has 5 heteroatoms. The molecule has 25 heavy (non-hydrogen) atoms. The quantitative estimate of drug-likeness (QED) is 0.775. The molecule has 0 saturated carbocycles. The zero-order valence-electron chi connectivity index (χ0n) is 14.9. The average Bonchev–Trinajstić information content (AvgIpc) is 2.63. The number of nitrogens with one attached hydrogen (secondary N) is 1. The summed E-state index contributed by atoms with van der Waals surface area (Å²) in [6.07, 6.45) is 0. The standard InChI is InChI=1S/C20H25ClN2O2/c1-15(17-9-5-4-6-10-17)22-20(24)16(2)23(3)13-14-25-19-12-8-7-11-18(19)21/h4-12,15-16H,13-14H2,1-3H3,(H,22,24). The molecule has 1 N–H and O–H groups in total. The van der Waals surface area contributed by atoms with E-state index in [0.717, 1.165) is 5.56 Å². The lowest BCUT2D eigenvalue weighted by molar-refractivity contribution is -0.126. The molecule has 2 aromatic carbocycles. The minimum absolute atomic E-state index is 0.00315. The molecule has 0 heterocycles. The Morgan fingerprint density at radius 2 is 1.76 bits per heavy atom. The predicted molar refractivity (Wildman–Crippen MR) is 102 cm³/mol. The van der Waals surface area contributed by atoms with Crippen molar-refractivity contribution in [1.29, 1.82) is 0 Å². The maximum Gasteiger partial charge on any atom is 0.237 e. The third kappa shape index (κ3) is 5.76. The zero-order valence-corrected chi connectivity index (χ0v) is 15.7. The third-order valence-corrected chi connectivity index (χ3v) is 4.55. The maximum atomic E-state index is 12.4. The van der Waals surface area contributed by atoms with Crippen molar-refractivity contribution in [3.05, 3.63) is 65.2 Å². The number of amides is 1. The van der Waals surface area contributed by atoms with E-state index >= 15 is 0 Å². The van der Waals surface area contributed by atoms with E-state index in [2.05, 4.69) is 5.32 Å². The molecule has 4 nitrogen and oxygen atoms in total. The molecule has 0 aliphatic heterocycles. The molecular weight excluding hydrogens is 336 g/mol. The number of hydrogen-bond acceptors (Lipinski definition) is 3. The Labute approximate surface area is 154 Å². The number of benzene rings is 2. The van der Waals surface area contributed by atoms with Gasteiger partial charge in [0.25, 0.3) is 0 Å². The molecule has 0 aromatic heterocycles. The van der Waals surface area contributed by atoms with Crippen LogP contribution < -0.4 is 10.1 Å². The van der Waals surface area contributed by atoms with E-state index in [4.69, 9.17) is 16.3 Å². The van der Waals surface area contributed by atoms with Crippen LogP contribution in [0.15, 0.2) is 54.6 Å². The van der Waals surface area contributed by atoms with Crippen LogP contribution in [-0.2, 0) is 4.79 Å². The zero-order chi connectivity index (χ0) is 18.2. The Kier molecular flexibility index (Phi) is 7.29. The molecule has 2 atom stereocenters. The smallest absolute Gasteiger partial charge is 0.237 e. The summed E-state index contributed by atoms with van der Waals surface area (Å²) in [5, 5.41) is 3.64. The second kappa shape index (κ2) is 9.44. The van der Waals surface area contributed by atoms with Crippen molar-refractivity contribution in [1.82, 2.24) is 10.2 Å². The minimum atomic E-state index is -0.249. The van der Waals surface area contributed by atoms with E-state index in [-0.39, 0.29) is 18.0 Å². The average molecular weight is 361 g/mol. The lowest BCUT2D eigenvalue weighted by Crippen LogP contribution is -2.45. The van der Waals surface area contributed by atoms with E-state index in [1.807, 2.05) is 74.3 Å². The lowest BCUT2D eigenvalue weighted by atomic mass is 10.1. The van der Waals surface area contributed by atoms with E-state index in [9.17, 15) is 4.79 Å². The second-order valence-corrected chi connectivity index (χ2v) is 6.48. The Morgan fingerprint density at radius 1 is 1.12 bits per heavy atom. The molecule has 0 fully saturated rings. The summed E-state index contributed by atoms with van der Waals surface area (Å²) in [5.41, 5.74) is 1.09. The SMILES string of the molecule is CC(NC(=O)C(C)N(C)CCOc1ccccc1Cl)c1ccccc1. The number of para-hydroxylation sites is 1. The summed E-state index contributed by atoms with van der Waals surface area (Å²) in [6.45, 7) is 4.97. The minimum Gasteiger partial charge on any atom is -0.491 e. The highest BCUT2D eigenvalue weighted by Crippen LogP contribution is 2.22. The van der Waals surface area contributed by atoms with Gasteiger partial charge in [0, 0.05) is 6.54 Å². The van der Waals surface area contributed by atoms with Gasteiger partial charge >= 0.3 is 0 Å². The number of hydrogen-bond donors (Lipinski definition) is 1. The molecule has 0 spiro atoms. The van der Waals surface area contributed by atoms with Crippen LogP contribution in [0.5, 0.6) is 5.75 Å². The number of carbonyl (C=O) groups excluding carboxylic acids is 1. The largest absolute Gasteiger partial charge is 0.491 e. The summed E-state index contributed by atoms with van der Waals surface area (Å²) in [6, 6.07) is 17.0. The number of halogens is 1. The van der Waals surface area contributed by atoms with Gasteiger partial charge in [0.05, 0.1) is 17.1 Å². The van der Waals surface area contributed by atoms with Crippen LogP contribution >= 0.6 is 11.6 Å². The number of rotatable bonds is 8. The fourth-order valence-corrected chi connectivity index (χ4v) is 2.60. The van der Waals surface area contributed by atoms with Crippen molar-refractivity contribution in [3.63, 3.8) is 0 Å². The maximum absolute atomic E-state index is 12.4. The molecule has 0 radical (unpaired) electrons.